The molecule has 0 saturated heterocycles. The first-order valence-electron chi connectivity index (χ1n) is 5.39. The van der Waals surface area contributed by atoms with E-state index in [0.29, 0.717) is 12.4 Å². The van der Waals surface area contributed by atoms with E-state index in [2.05, 4.69) is 32.2 Å². The van der Waals surface area contributed by atoms with Gasteiger partial charge in [0, 0.05) is 17.1 Å². The molecular formula is C13H11BrN4. The molecule has 0 N–H and O–H groups in total. The summed E-state index contributed by atoms with van der Waals surface area (Å²) in [5.41, 5.74) is 1.80. The Kier molecular flexibility index (Phi) is 3.90. The van der Waals surface area contributed by atoms with Gasteiger partial charge in [0.05, 0.1) is 11.8 Å². The Hall–Kier alpha value is -1.93. The lowest BCUT2D eigenvalue weighted by molar-refractivity contribution is 0.934. The highest BCUT2D eigenvalue weighted by Crippen LogP contribution is 2.26. The molecule has 18 heavy (non-hydrogen) atoms. The van der Waals surface area contributed by atoms with Gasteiger partial charge < -0.3 is 4.90 Å². The van der Waals surface area contributed by atoms with Crippen molar-refractivity contribution in [1.29, 1.82) is 5.26 Å². The van der Waals surface area contributed by atoms with E-state index in [-0.39, 0.29) is 0 Å². The Morgan fingerprint density at radius 1 is 1.22 bits per heavy atom. The summed E-state index contributed by atoms with van der Waals surface area (Å²) in [6.07, 6.45) is 0. The molecule has 0 saturated carbocycles. The molecule has 0 atom stereocenters. The lowest BCUT2D eigenvalue weighted by Crippen LogP contribution is -2.18. The molecule has 2 aromatic rings. The smallest absolute Gasteiger partial charge is 0.151 e. The van der Waals surface area contributed by atoms with Crippen LogP contribution in [0.2, 0.25) is 0 Å². The molecule has 2 rings (SSSR count). The van der Waals surface area contributed by atoms with Crippen molar-refractivity contribution in [3.05, 3.63) is 40.9 Å². The third-order valence-electron chi connectivity index (χ3n) is 2.50. The van der Waals surface area contributed by atoms with Crippen LogP contribution in [0.1, 0.15) is 0 Å². The average Bonchev–Trinajstić information content (AvgIpc) is 2.40. The molecule has 1 aromatic heterocycles. The fourth-order valence-corrected chi connectivity index (χ4v) is 2.02. The fraction of sp³-hybridized carbons (Fsp3) is 0.154. The Morgan fingerprint density at radius 2 is 2.00 bits per heavy atom. The van der Waals surface area contributed by atoms with Gasteiger partial charge in [-0.25, -0.2) is 0 Å². The van der Waals surface area contributed by atoms with E-state index >= 15 is 0 Å². The third kappa shape index (κ3) is 2.66. The van der Waals surface area contributed by atoms with Gasteiger partial charge >= 0.3 is 0 Å². The number of nitriles is 1. The fourth-order valence-electron chi connectivity index (χ4n) is 1.53. The van der Waals surface area contributed by atoms with Crippen LogP contribution in [0.5, 0.6) is 0 Å². The Morgan fingerprint density at radius 3 is 2.61 bits per heavy atom. The van der Waals surface area contributed by atoms with E-state index in [9.17, 15) is 0 Å². The van der Waals surface area contributed by atoms with Gasteiger partial charge in [-0.15, -0.1) is 10.2 Å². The molecule has 0 aliphatic rings. The predicted molar refractivity (Wildman–Crippen MR) is 74.1 cm³/mol. The van der Waals surface area contributed by atoms with Crippen molar-refractivity contribution in [3.8, 4) is 17.3 Å². The van der Waals surface area contributed by atoms with Gasteiger partial charge in [-0.3, -0.25) is 0 Å². The van der Waals surface area contributed by atoms with Crippen molar-refractivity contribution < 1.29 is 0 Å². The number of hydrogen-bond acceptors (Lipinski definition) is 4. The first kappa shape index (κ1) is 12.5. The number of anilines is 1. The van der Waals surface area contributed by atoms with E-state index in [0.717, 1.165) is 15.7 Å². The van der Waals surface area contributed by atoms with Crippen LogP contribution in [0.3, 0.4) is 0 Å². The van der Waals surface area contributed by atoms with Crippen molar-refractivity contribution in [2.75, 3.05) is 18.5 Å². The van der Waals surface area contributed by atoms with Gasteiger partial charge in [0.25, 0.3) is 0 Å². The molecule has 0 fully saturated rings. The average molecular weight is 303 g/mol. The first-order valence-corrected chi connectivity index (χ1v) is 6.18. The number of aromatic nitrogens is 2. The summed E-state index contributed by atoms with van der Waals surface area (Å²) in [5, 5.41) is 16.9. The quantitative estimate of drug-likeness (QED) is 0.818. The Bertz CT molecular complexity index is 574. The van der Waals surface area contributed by atoms with Gasteiger partial charge in [-0.1, -0.05) is 34.1 Å². The Balaban J connectivity index is 2.29. The minimum absolute atomic E-state index is 0.295. The molecule has 90 valence electrons. The standard InChI is InChI=1S/C13H11BrN4/c1-18(9-8-15)13-7-6-12(16-17-13)10-4-2-3-5-11(10)14/h2-7H,9H2,1H3. The minimum Gasteiger partial charge on any atom is -0.345 e. The van der Waals surface area contributed by atoms with Crippen molar-refractivity contribution in [2.24, 2.45) is 0 Å². The maximum atomic E-state index is 8.62. The van der Waals surface area contributed by atoms with E-state index in [1.54, 1.807) is 4.90 Å². The van der Waals surface area contributed by atoms with Crippen LogP contribution >= 0.6 is 15.9 Å². The van der Waals surface area contributed by atoms with E-state index in [1.807, 2.05) is 43.4 Å². The summed E-state index contributed by atoms with van der Waals surface area (Å²) in [5.74, 6) is 0.687. The van der Waals surface area contributed by atoms with Crippen LogP contribution in [-0.2, 0) is 0 Å². The molecule has 0 spiro atoms. The number of hydrogen-bond donors (Lipinski definition) is 0. The van der Waals surface area contributed by atoms with Crippen molar-refractivity contribution >= 4 is 21.7 Å². The summed E-state index contributed by atoms with van der Waals surface area (Å²) >= 11 is 3.48. The van der Waals surface area contributed by atoms with Crippen LogP contribution < -0.4 is 4.90 Å². The number of halogens is 1. The second-order valence-corrected chi connectivity index (χ2v) is 4.63. The maximum absolute atomic E-state index is 8.62. The Labute approximate surface area is 114 Å². The molecule has 5 heteroatoms. The molecule has 0 bridgehead atoms. The highest BCUT2D eigenvalue weighted by Gasteiger charge is 2.06. The highest BCUT2D eigenvalue weighted by atomic mass is 79.9. The zero-order valence-corrected chi connectivity index (χ0v) is 11.4. The number of benzene rings is 1. The molecule has 0 unspecified atom stereocenters. The molecule has 0 aliphatic heterocycles. The van der Waals surface area contributed by atoms with Crippen LogP contribution in [0.15, 0.2) is 40.9 Å². The number of nitrogens with zero attached hydrogens (tertiary/aromatic N) is 4. The molecule has 1 heterocycles. The third-order valence-corrected chi connectivity index (χ3v) is 3.19. The predicted octanol–water partition coefficient (Wildman–Crippen LogP) is 2.87. The molecular weight excluding hydrogens is 292 g/mol. The van der Waals surface area contributed by atoms with Crippen molar-refractivity contribution in [3.63, 3.8) is 0 Å². The zero-order chi connectivity index (χ0) is 13.0. The summed E-state index contributed by atoms with van der Waals surface area (Å²) in [4.78, 5) is 1.75. The van der Waals surface area contributed by atoms with Crippen molar-refractivity contribution in [1.82, 2.24) is 10.2 Å². The zero-order valence-electron chi connectivity index (χ0n) is 9.84. The SMILES string of the molecule is CN(CC#N)c1ccc(-c2ccccc2Br)nn1. The summed E-state index contributed by atoms with van der Waals surface area (Å²) in [7, 11) is 1.81. The van der Waals surface area contributed by atoms with Gasteiger partial charge in [-0.2, -0.15) is 5.26 Å². The van der Waals surface area contributed by atoms with E-state index < -0.39 is 0 Å². The van der Waals surface area contributed by atoms with E-state index in [1.165, 1.54) is 0 Å². The van der Waals surface area contributed by atoms with Gasteiger partial charge in [0.15, 0.2) is 5.82 Å². The van der Waals surface area contributed by atoms with Crippen LogP contribution in [0.25, 0.3) is 11.3 Å². The largest absolute Gasteiger partial charge is 0.345 e. The van der Waals surface area contributed by atoms with Gasteiger partial charge in [0.2, 0.25) is 0 Å². The minimum atomic E-state index is 0.295. The topological polar surface area (TPSA) is 52.8 Å². The van der Waals surface area contributed by atoms with Gasteiger partial charge in [0.1, 0.15) is 6.54 Å². The van der Waals surface area contributed by atoms with E-state index in [4.69, 9.17) is 5.26 Å². The maximum Gasteiger partial charge on any atom is 0.151 e. The lowest BCUT2D eigenvalue weighted by Gasteiger charge is -2.13. The summed E-state index contributed by atoms with van der Waals surface area (Å²) < 4.78 is 0.984. The highest BCUT2D eigenvalue weighted by molar-refractivity contribution is 9.10. The van der Waals surface area contributed by atoms with Crippen molar-refractivity contribution in [2.45, 2.75) is 0 Å². The molecule has 0 amide bonds. The van der Waals surface area contributed by atoms with Gasteiger partial charge in [-0.05, 0) is 18.2 Å². The molecule has 4 nitrogen and oxygen atoms in total. The molecule has 1 aromatic carbocycles. The summed E-state index contributed by atoms with van der Waals surface area (Å²) in [6, 6.07) is 13.7. The second-order valence-electron chi connectivity index (χ2n) is 3.77. The monoisotopic (exact) mass is 302 g/mol. The normalized spacial score (nSPS) is 9.83. The number of rotatable bonds is 3. The second kappa shape index (κ2) is 5.61. The molecule has 0 aliphatic carbocycles. The lowest BCUT2D eigenvalue weighted by atomic mass is 10.1. The van der Waals surface area contributed by atoms with Crippen LogP contribution in [0, 0.1) is 11.3 Å². The van der Waals surface area contributed by atoms with Crippen LogP contribution in [0.4, 0.5) is 5.82 Å². The first-order chi connectivity index (χ1) is 8.72. The molecule has 0 radical (unpaired) electrons. The van der Waals surface area contributed by atoms with Crippen LogP contribution in [-0.4, -0.2) is 23.8 Å². The summed E-state index contributed by atoms with van der Waals surface area (Å²) in [6.45, 7) is 0.295.